The molecule has 0 atom stereocenters. The topological polar surface area (TPSA) is 0 Å². The monoisotopic (exact) mass is 262 g/mol. The first-order valence-electron chi connectivity index (χ1n) is 7.13. The molecule has 0 amide bonds. The summed E-state index contributed by atoms with van der Waals surface area (Å²) in [7, 11) is 0. The quantitative estimate of drug-likeness (QED) is 0.652. The van der Waals surface area contributed by atoms with Gasteiger partial charge in [-0.25, -0.2) is 0 Å². The highest BCUT2D eigenvalue weighted by atomic mass is 14.2. The van der Waals surface area contributed by atoms with Crippen LogP contribution in [-0.4, -0.2) is 0 Å². The molecule has 20 heavy (non-hydrogen) atoms. The zero-order valence-corrected chi connectivity index (χ0v) is 12.6. The molecule has 0 aliphatic rings. The van der Waals surface area contributed by atoms with Crippen LogP contribution in [0.5, 0.6) is 0 Å². The van der Waals surface area contributed by atoms with E-state index in [1.54, 1.807) is 0 Å². The van der Waals surface area contributed by atoms with Crippen molar-refractivity contribution in [2.45, 2.75) is 20.8 Å². The first-order chi connectivity index (χ1) is 9.65. The zero-order chi connectivity index (χ0) is 14.5. The van der Waals surface area contributed by atoms with Crippen molar-refractivity contribution < 1.29 is 0 Å². The normalized spacial score (nSPS) is 12.2. The van der Waals surface area contributed by atoms with E-state index in [4.69, 9.17) is 0 Å². The molecule has 0 saturated carbocycles. The number of hydrogen-bond acceptors (Lipinski definition) is 0. The van der Waals surface area contributed by atoms with Gasteiger partial charge in [0.15, 0.2) is 0 Å². The summed E-state index contributed by atoms with van der Waals surface area (Å²) in [6, 6.07) is 19.1. The summed E-state index contributed by atoms with van der Waals surface area (Å²) in [4.78, 5) is 0. The van der Waals surface area contributed by atoms with Gasteiger partial charge >= 0.3 is 0 Å². The van der Waals surface area contributed by atoms with Gasteiger partial charge in [-0.05, 0) is 35.1 Å². The molecule has 0 saturated heterocycles. The Hall–Kier alpha value is -2.08. The Bertz CT molecular complexity index is 615. The van der Waals surface area contributed by atoms with Gasteiger partial charge in [0.25, 0.3) is 0 Å². The predicted octanol–water partition coefficient (Wildman–Crippen LogP) is 5.81. The molecule has 2 aromatic rings. The van der Waals surface area contributed by atoms with Crippen molar-refractivity contribution in [3.8, 4) is 0 Å². The molecule has 0 fully saturated rings. The molecule has 2 aromatic carbocycles. The lowest BCUT2D eigenvalue weighted by Gasteiger charge is -2.18. The Morgan fingerprint density at radius 2 is 1.55 bits per heavy atom. The molecular weight excluding hydrogens is 240 g/mol. The standard InChI is InChI=1S/C20H22/c1-5-17-11-9-10-14-19(17)20(16(4)15(2)3)18-12-7-6-8-13-18/h5-15H,1H2,2-4H3/b20-16+. The molecule has 0 N–H and O–H groups in total. The maximum atomic E-state index is 3.95. The van der Waals surface area contributed by atoms with E-state index in [-0.39, 0.29) is 0 Å². The van der Waals surface area contributed by atoms with Crippen LogP contribution in [0, 0.1) is 5.92 Å². The van der Waals surface area contributed by atoms with E-state index in [1.165, 1.54) is 27.8 Å². The summed E-state index contributed by atoms with van der Waals surface area (Å²) in [5.74, 6) is 0.517. The van der Waals surface area contributed by atoms with E-state index in [9.17, 15) is 0 Å². The molecule has 0 spiro atoms. The minimum Gasteiger partial charge on any atom is -0.0984 e. The zero-order valence-electron chi connectivity index (χ0n) is 12.6. The van der Waals surface area contributed by atoms with Gasteiger partial charge in [-0.1, -0.05) is 86.7 Å². The highest BCUT2D eigenvalue weighted by Crippen LogP contribution is 2.32. The molecule has 0 heteroatoms. The van der Waals surface area contributed by atoms with Crippen LogP contribution in [0.15, 0.2) is 66.7 Å². The fourth-order valence-corrected chi connectivity index (χ4v) is 2.39. The first kappa shape index (κ1) is 14.3. The fourth-order valence-electron chi connectivity index (χ4n) is 2.39. The molecule has 0 radical (unpaired) electrons. The van der Waals surface area contributed by atoms with Crippen LogP contribution in [-0.2, 0) is 0 Å². The van der Waals surface area contributed by atoms with Gasteiger partial charge in [0, 0.05) is 0 Å². The second-order valence-electron chi connectivity index (χ2n) is 5.37. The van der Waals surface area contributed by atoms with Crippen molar-refractivity contribution in [3.05, 3.63) is 83.4 Å². The molecule has 0 bridgehead atoms. The van der Waals surface area contributed by atoms with E-state index in [2.05, 4.69) is 81.9 Å². The van der Waals surface area contributed by atoms with Crippen LogP contribution in [0.1, 0.15) is 37.5 Å². The lowest BCUT2D eigenvalue weighted by atomic mass is 9.87. The third-order valence-corrected chi connectivity index (χ3v) is 3.77. The largest absolute Gasteiger partial charge is 0.0984 e. The summed E-state index contributed by atoms with van der Waals surface area (Å²) >= 11 is 0. The molecular formula is C20H22. The van der Waals surface area contributed by atoms with Gasteiger partial charge in [-0.3, -0.25) is 0 Å². The molecule has 0 nitrogen and oxygen atoms in total. The maximum absolute atomic E-state index is 3.95. The van der Waals surface area contributed by atoms with Gasteiger partial charge in [0.05, 0.1) is 0 Å². The molecule has 0 aliphatic heterocycles. The van der Waals surface area contributed by atoms with Crippen LogP contribution >= 0.6 is 0 Å². The molecule has 0 aliphatic carbocycles. The van der Waals surface area contributed by atoms with Crippen molar-refractivity contribution in [2.75, 3.05) is 0 Å². The van der Waals surface area contributed by atoms with Crippen LogP contribution in [0.4, 0.5) is 0 Å². The fraction of sp³-hybridized carbons (Fsp3) is 0.200. The summed E-state index contributed by atoms with van der Waals surface area (Å²) in [6.45, 7) is 10.7. The van der Waals surface area contributed by atoms with Gasteiger partial charge in [0.1, 0.15) is 0 Å². The average Bonchev–Trinajstić information content (AvgIpc) is 2.49. The predicted molar refractivity (Wildman–Crippen MR) is 89.5 cm³/mol. The smallest absolute Gasteiger partial charge is 0.0106 e. The average molecular weight is 262 g/mol. The number of rotatable bonds is 4. The summed E-state index contributed by atoms with van der Waals surface area (Å²) in [6.07, 6.45) is 1.94. The molecule has 2 rings (SSSR count). The van der Waals surface area contributed by atoms with Crippen molar-refractivity contribution in [1.29, 1.82) is 0 Å². The van der Waals surface area contributed by atoms with Crippen molar-refractivity contribution in [2.24, 2.45) is 5.92 Å². The van der Waals surface area contributed by atoms with E-state index in [0.717, 1.165) is 0 Å². The minimum absolute atomic E-state index is 0.517. The summed E-state index contributed by atoms with van der Waals surface area (Å²) in [5.41, 5.74) is 6.46. The first-order valence-corrected chi connectivity index (χ1v) is 7.13. The van der Waals surface area contributed by atoms with E-state index in [0.29, 0.717) is 5.92 Å². The molecule has 0 aromatic heterocycles. The SMILES string of the molecule is C=Cc1ccccc1/C(=C(\C)C(C)C)c1ccccc1. The third kappa shape index (κ3) is 2.91. The molecule has 0 heterocycles. The third-order valence-electron chi connectivity index (χ3n) is 3.77. The van der Waals surface area contributed by atoms with Crippen LogP contribution in [0.25, 0.3) is 11.6 Å². The lowest BCUT2D eigenvalue weighted by molar-refractivity contribution is 0.772. The van der Waals surface area contributed by atoms with Crippen molar-refractivity contribution >= 4 is 11.6 Å². The van der Waals surface area contributed by atoms with E-state index < -0.39 is 0 Å². The van der Waals surface area contributed by atoms with E-state index >= 15 is 0 Å². The number of benzene rings is 2. The second-order valence-corrected chi connectivity index (χ2v) is 5.37. The van der Waals surface area contributed by atoms with Gasteiger partial charge in [0.2, 0.25) is 0 Å². The highest BCUT2D eigenvalue weighted by Gasteiger charge is 2.13. The Kier molecular flexibility index (Phi) is 4.57. The van der Waals surface area contributed by atoms with Gasteiger partial charge < -0.3 is 0 Å². The summed E-state index contributed by atoms with van der Waals surface area (Å²) < 4.78 is 0. The van der Waals surface area contributed by atoms with Crippen LogP contribution in [0.3, 0.4) is 0 Å². The second kappa shape index (κ2) is 6.38. The van der Waals surface area contributed by atoms with Crippen molar-refractivity contribution in [3.63, 3.8) is 0 Å². The van der Waals surface area contributed by atoms with Crippen molar-refractivity contribution in [1.82, 2.24) is 0 Å². The Labute approximate surface area is 122 Å². The highest BCUT2D eigenvalue weighted by molar-refractivity contribution is 5.86. The Balaban J connectivity index is 2.72. The summed E-state index contributed by atoms with van der Waals surface area (Å²) in [5, 5.41) is 0. The Morgan fingerprint density at radius 1 is 0.950 bits per heavy atom. The Morgan fingerprint density at radius 3 is 2.15 bits per heavy atom. The molecule has 0 unspecified atom stereocenters. The number of hydrogen-bond donors (Lipinski definition) is 0. The minimum atomic E-state index is 0.517. The van der Waals surface area contributed by atoms with Crippen LogP contribution in [0.2, 0.25) is 0 Å². The maximum Gasteiger partial charge on any atom is -0.0106 e. The number of allylic oxidation sites excluding steroid dienone is 1. The van der Waals surface area contributed by atoms with Gasteiger partial charge in [-0.2, -0.15) is 0 Å². The molecule has 102 valence electrons. The van der Waals surface area contributed by atoms with E-state index in [1.807, 2.05) is 6.08 Å². The van der Waals surface area contributed by atoms with Gasteiger partial charge in [-0.15, -0.1) is 0 Å². The van der Waals surface area contributed by atoms with Crippen LogP contribution < -0.4 is 0 Å². The lowest BCUT2D eigenvalue weighted by Crippen LogP contribution is -1.99.